The minimum atomic E-state index is -5.03. The standard InChI is InChI=1S/C15H12BF6N3O3/c17-14(18,19)3-4-25-6-10(12(24-25)15(20,21)22)13(26)23-9-2-1-8-7-28-16(27)11(8)5-9/h1-2,5-6,27H,3-4,7H2,(H,23,26). The summed E-state index contributed by atoms with van der Waals surface area (Å²) in [6, 6.07) is 4.27. The number of fused-ring (bicyclic) bond motifs is 1. The minimum absolute atomic E-state index is 0.0875. The number of hydrogen-bond donors (Lipinski definition) is 2. The third kappa shape index (κ3) is 4.47. The number of amides is 1. The molecule has 1 aromatic carbocycles. The summed E-state index contributed by atoms with van der Waals surface area (Å²) < 4.78 is 81.7. The molecule has 1 aromatic heterocycles. The maximum absolute atomic E-state index is 13.1. The molecule has 1 amide bonds. The Kier molecular flexibility index (Phi) is 5.15. The fourth-order valence-electron chi connectivity index (χ4n) is 2.64. The van der Waals surface area contributed by atoms with Crippen LogP contribution in [0.4, 0.5) is 32.0 Å². The Bertz CT molecular complexity index is 896. The zero-order valence-corrected chi connectivity index (χ0v) is 13.9. The Morgan fingerprint density at radius 3 is 2.64 bits per heavy atom. The van der Waals surface area contributed by atoms with Gasteiger partial charge in [0.05, 0.1) is 18.6 Å². The minimum Gasteiger partial charge on any atom is -0.423 e. The van der Waals surface area contributed by atoms with Gasteiger partial charge in [-0.25, -0.2) is 0 Å². The van der Waals surface area contributed by atoms with E-state index >= 15 is 0 Å². The van der Waals surface area contributed by atoms with Crippen LogP contribution >= 0.6 is 0 Å². The molecule has 0 unspecified atom stereocenters. The van der Waals surface area contributed by atoms with Crippen LogP contribution in [0.5, 0.6) is 0 Å². The molecule has 0 atom stereocenters. The van der Waals surface area contributed by atoms with E-state index in [1.165, 1.54) is 18.2 Å². The second kappa shape index (κ2) is 7.13. The lowest BCUT2D eigenvalue weighted by Gasteiger charge is -2.08. The molecule has 0 radical (unpaired) electrons. The van der Waals surface area contributed by atoms with Gasteiger partial charge in [-0.05, 0) is 23.2 Å². The quantitative estimate of drug-likeness (QED) is 0.603. The van der Waals surface area contributed by atoms with Crippen molar-refractivity contribution in [3.63, 3.8) is 0 Å². The highest BCUT2D eigenvalue weighted by molar-refractivity contribution is 6.61. The van der Waals surface area contributed by atoms with Crippen molar-refractivity contribution in [2.45, 2.75) is 31.9 Å². The molecule has 2 heterocycles. The molecule has 3 rings (SSSR count). The molecule has 1 aliphatic heterocycles. The van der Waals surface area contributed by atoms with E-state index in [9.17, 15) is 36.2 Å². The summed E-state index contributed by atoms with van der Waals surface area (Å²) in [5.74, 6) is -1.20. The van der Waals surface area contributed by atoms with Crippen LogP contribution in [0.1, 0.15) is 28.0 Å². The van der Waals surface area contributed by atoms with E-state index in [4.69, 9.17) is 4.65 Å². The predicted octanol–water partition coefficient (Wildman–Crippen LogP) is 2.32. The van der Waals surface area contributed by atoms with E-state index in [1.54, 1.807) is 0 Å². The molecule has 0 saturated heterocycles. The van der Waals surface area contributed by atoms with Gasteiger partial charge in [-0.15, -0.1) is 0 Å². The maximum atomic E-state index is 13.1. The molecule has 6 nitrogen and oxygen atoms in total. The number of benzene rings is 1. The molecule has 2 aromatic rings. The van der Waals surface area contributed by atoms with Crippen LogP contribution in [-0.4, -0.2) is 34.0 Å². The lowest BCUT2D eigenvalue weighted by molar-refractivity contribution is -0.142. The summed E-state index contributed by atoms with van der Waals surface area (Å²) in [5.41, 5.74) is -1.40. The van der Waals surface area contributed by atoms with Gasteiger partial charge in [-0.3, -0.25) is 9.48 Å². The molecular weight excluding hydrogens is 395 g/mol. The SMILES string of the molecule is O=C(Nc1ccc2c(c1)B(O)OC2)c1cn(CCC(F)(F)F)nc1C(F)(F)F. The van der Waals surface area contributed by atoms with Gasteiger partial charge < -0.3 is 15.0 Å². The van der Waals surface area contributed by atoms with Gasteiger partial charge >= 0.3 is 19.5 Å². The lowest BCUT2D eigenvalue weighted by atomic mass is 9.79. The summed E-state index contributed by atoms with van der Waals surface area (Å²) in [6.07, 6.45) is -10.4. The van der Waals surface area contributed by atoms with Crippen LogP contribution < -0.4 is 10.8 Å². The van der Waals surface area contributed by atoms with Crippen molar-refractivity contribution in [1.82, 2.24) is 9.78 Å². The van der Waals surface area contributed by atoms with Crippen molar-refractivity contribution in [1.29, 1.82) is 0 Å². The second-order valence-electron chi connectivity index (χ2n) is 6.05. The average Bonchev–Trinajstić information content (AvgIpc) is 3.17. The van der Waals surface area contributed by atoms with E-state index in [1.807, 2.05) is 0 Å². The van der Waals surface area contributed by atoms with E-state index in [0.717, 1.165) is 0 Å². The number of nitrogens with one attached hydrogen (secondary N) is 1. The summed E-state index contributed by atoms with van der Waals surface area (Å²) in [4.78, 5) is 12.3. The molecule has 150 valence electrons. The number of carbonyl (C=O) groups is 1. The van der Waals surface area contributed by atoms with Crippen LogP contribution in [0.2, 0.25) is 0 Å². The zero-order valence-electron chi connectivity index (χ0n) is 13.9. The van der Waals surface area contributed by atoms with Gasteiger partial charge in [0.2, 0.25) is 0 Å². The largest absolute Gasteiger partial charge is 0.491 e. The zero-order chi connectivity index (χ0) is 20.7. The highest BCUT2D eigenvalue weighted by atomic mass is 19.4. The fraction of sp³-hybridized carbons (Fsp3) is 0.333. The number of aryl methyl sites for hydroxylation is 1. The Morgan fingerprint density at radius 1 is 1.29 bits per heavy atom. The number of rotatable bonds is 4. The molecule has 2 N–H and O–H groups in total. The van der Waals surface area contributed by atoms with E-state index in [0.29, 0.717) is 21.9 Å². The third-order valence-electron chi connectivity index (χ3n) is 3.97. The molecule has 0 bridgehead atoms. The summed E-state index contributed by atoms with van der Waals surface area (Å²) in [6.45, 7) is -0.711. The first-order chi connectivity index (χ1) is 12.9. The number of nitrogens with zero attached hydrogens (tertiary/aromatic N) is 2. The van der Waals surface area contributed by atoms with Crippen molar-refractivity contribution in [3.05, 3.63) is 41.2 Å². The monoisotopic (exact) mass is 407 g/mol. The van der Waals surface area contributed by atoms with Crippen molar-refractivity contribution in [2.75, 3.05) is 5.32 Å². The highest BCUT2D eigenvalue weighted by Crippen LogP contribution is 2.31. The third-order valence-corrected chi connectivity index (χ3v) is 3.97. The van der Waals surface area contributed by atoms with E-state index < -0.39 is 49.6 Å². The number of alkyl halides is 6. The van der Waals surface area contributed by atoms with Crippen LogP contribution in [0, 0.1) is 0 Å². The van der Waals surface area contributed by atoms with Crippen molar-refractivity contribution < 1.29 is 40.8 Å². The first-order valence-electron chi connectivity index (χ1n) is 7.89. The molecule has 13 heteroatoms. The van der Waals surface area contributed by atoms with Crippen LogP contribution in [0.25, 0.3) is 0 Å². The van der Waals surface area contributed by atoms with Gasteiger partial charge in [0.15, 0.2) is 5.69 Å². The Balaban J connectivity index is 1.84. The fourth-order valence-corrected chi connectivity index (χ4v) is 2.64. The maximum Gasteiger partial charge on any atom is 0.491 e. The average molecular weight is 407 g/mol. The lowest BCUT2D eigenvalue weighted by Crippen LogP contribution is -2.28. The van der Waals surface area contributed by atoms with Gasteiger partial charge in [0, 0.05) is 18.4 Å². The first-order valence-corrected chi connectivity index (χ1v) is 7.89. The summed E-state index contributed by atoms with van der Waals surface area (Å²) in [5, 5.41) is 15.0. The molecular formula is C15H12BF6N3O3. The van der Waals surface area contributed by atoms with Gasteiger partial charge in [-0.1, -0.05) is 6.07 Å². The molecule has 1 aliphatic rings. The molecule has 0 spiro atoms. The Hall–Kier alpha value is -2.54. The smallest absolute Gasteiger partial charge is 0.423 e. The number of hydrogen-bond acceptors (Lipinski definition) is 4. The highest BCUT2D eigenvalue weighted by Gasteiger charge is 2.39. The normalized spacial score (nSPS) is 14.3. The summed E-state index contributed by atoms with van der Waals surface area (Å²) >= 11 is 0. The molecule has 0 aliphatic carbocycles. The van der Waals surface area contributed by atoms with Crippen molar-refractivity contribution in [3.8, 4) is 0 Å². The Labute approximate surface area is 154 Å². The van der Waals surface area contributed by atoms with Gasteiger partial charge in [0.1, 0.15) is 0 Å². The van der Waals surface area contributed by atoms with Gasteiger partial charge in [-0.2, -0.15) is 31.4 Å². The van der Waals surface area contributed by atoms with Crippen LogP contribution in [0.3, 0.4) is 0 Å². The topological polar surface area (TPSA) is 76.4 Å². The van der Waals surface area contributed by atoms with Crippen molar-refractivity contribution in [2.24, 2.45) is 0 Å². The Morgan fingerprint density at radius 2 is 2.00 bits per heavy atom. The number of aromatic nitrogens is 2. The second-order valence-corrected chi connectivity index (χ2v) is 6.05. The van der Waals surface area contributed by atoms with E-state index in [2.05, 4.69) is 10.4 Å². The number of anilines is 1. The van der Waals surface area contributed by atoms with Crippen molar-refractivity contribution >= 4 is 24.2 Å². The van der Waals surface area contributed by atoms with Crippen LogP contribution in [-0.2, 0) is 24.0 Å². The molecule has 0 fully saturated rings. The molecule has 0 saturated carbocycles. The first kappa shape index (κ1) is 20.2. The van der Waals surface area contributed by atoms with Crippen LogP contribution in [0.15, 0.2) is 24.4 Å². The van der Waals surface area contributed by atoms with E-state index in [-0.39, 0.29) is 12.3 Å². The summed E-state index contributed by atoms with van der Waals surface area (Å²) in [7, 11) is -1.22. The number of halogens is 6. The number of carbonyl (C=O) groups excluding carboxylic acids is 1. The van der Waals surface area contributed by atoms with Gasteiger partial charge in [0.25, 0.3) is 5.91 Å². The molecule has 28 heavy (non-hydrogen) atoms. The predicted molar refractivity (Wildman–Crippen MR) is 84.7 cm³/mol.